The predicted molar refractivity (Wildman–Crippen MR) is 105 cm³/mol. The van der Waals surface area contributed by atoms with Crippen LogP contribution in [-0.4, -0.2) is 37.4 Å². The Labute approximate surface area is 150 Å². The number of hydrogen-bond donors (Lipinski definition) is 1. The van der Waals surface area contributed by atoms with Crippen molar-refractivity contribution < 1.29 is 4.74 Å². The molecule has 0 unspecified atom stereocenters. The predicted octanol–water partition coefficient (Wildman–Crippen LogP) is 3.23. The summed E-state index contributed by atoms with van der Waals surface area (Å²) in [6, 6.07) is 6.43. The van der Waals surface area contributed by atoms with Gasteiger partial charge in [0, 0.05) is 36.9 Å². The van der Waals surface area contributed by atoms with E-state index in [2.05, 4.69) is 34.8 Å². The highest BCUT2D eigenvalue weighted by Crippen LogP contribution is 2.42. The van der Waals surface area contributed by atoms with Gasteiger partial charge in [0.15, 0.2) is 5.82 Å². The van der Waals surface area contributed by atoms with E-state index in [1.807, 2.05) is 16.7 Å². The van der Waals surface area contributed by atoms with Crippen LogP contribution in [0.25, 0.3) is 0 Å². The van der Waals surface area contributed by atoms with Crippen LogP contribution in [0, 0.1) is 0 Å². The average molecular weight is 361 g/mol. The average Bonchev–Trinajstić information content (AvgIpc) is 3.08. The molecule has 1 aromatic rings. The van der Waals surface area contributed by atoms with Crippen LogP contribution in [0.3, 0.4) is 0 Å². The second-order valence-corrected chi connectivity index (χ2v) is 7.50. The van der Waals surface area contributed by atoms with Gasteiger partial charge in [-0.05, 0) is 17.7 Å². The minimum atomic E-state index is 0.386. The Balaban J connectivity index is 1.94. The fourth-order valence-corrected chi connectivity index (χ4v) is 4.33. The van der Waals surface area contributed by atoms with Crippen molar-refractivity contribution >= 4 is 40.5 Å². The van der Waals surface area contributed by atoms with Crippen LogP contribution in [0.1, 0.15) is 5.56 Å². The molecule has 2 N–H and O–H groups in total. The first kappa shape index (κ1) is 17.1. The second-order valence-electron chi connectivity index (χ2n) is 5.25. The summed E-state index contributed by atoms with van der Waals surface area (Å²) < 4.78 is 5.37. The normalized spacial score (nSPS) is 17.4. The zero-order valence-electron chi connectivity index (χ0n) is 13.6. The number of methoxy groups -OCH3 is 1. The quantitative estimate of drug-likeness (QED) is 0.789. The van der Waals surface area contributed by atoms with Gasteiger partial charge >= 0.3 is 0 Å². The Kier molecular flexibility index (Phi) is 5.65. The first-order chi connectivity index (χ1) is 11.7. The van der Waals surface area contributed by atoms with Gasteiger partial charge in [-0.2, -0.15) is 0 Å². The molecular weight excluding hydrogens is 340 g/mol. The third-order valence-corrected chi connectivity index (χ3v) is 5.53. The fraction of sp³-hybridized carbons (Fsp3) is 0.294. The van der Waals surface area contributed by atoms with E-state index in [1.165, 1.54) is 22.4 Å². The number of fused-ring (bicyclic) bond motifs is 1. The van der Waals surface area contributed by atoms with E-state index in [0.717, 1.165) is 29.3 Å². The minimum absolute atomic E-state index is 0.386. The summed E-state index contributed by atoms with van der Waals surface area (Å²) in [6.45, 7) is 4.99. The first-order valence-corrected chi connectivity index (χ1v) is 9.41. The number of anilines is 1. The number of nitrogens with zero attached hydrogens (tertiary/aromatic N) is 3. The zero-order valence-corrected chi connectivity index (χ0v) is 15.2. The topological polar surface area (TPSA) is 63.2 Å². The molecule has 24 heavy (non-hydrogen) atoms. The van der Waals surface area contributed by atoms with Gasteiger partial charge in [-0.15, -0.1) is 11.8 Å². The molecule has 2 aliphatic rings. The van der Waals surface area contributed by atoms with Crippen LogP contribution in [0.15, 0.2) is 56.6 Å². The van der Waals surface area contributed by atoms with Crippen LogP contribution < -0.4 is 10.6 Å². The number of nitrogens with two attached hydrogens (primary N) is 1. The Hall–Kier alpha value is -1.70. The number of benzene rings is 1. The van der Waals surface area contributed by atoms with Crippen LogP contribution in [-0.2, 0) is 11.2 Å². The van der Waals surface area contributed by atoms with E-state index < -0.39 is 0 Å². The SMILES string of the molecule is C=C/C=N\C1=C(N)Sc2ccc(CC3=NCCS3)cc2N1COC. The summed E-state index contributed by atoms with van der Waals surface area (Å²) in [7, 11) is 1.67. The van der Waals surface area contributed by atoms with Crippen LogP contribution in [0.4, 0.5) is 5.69 Å². The second kappa shape index (κ2) is 7.92. The fourth-order valence-electron chi connectivity index (χ4n) is 2.56. The molecule has 2 heterocycles. The molecule has 1 aromatic carbocycles. The Bertz CT molecular complexity index is 727. The van der Waals surface area contributed by atoms with Crippen molar-refractivity contribution in [1.29, 1.82) is 0 Å². The highest BCUT2D eigenvalue weighted by atomic mass is 32.2. The van der Waals surface area contributed by atoms with Gasteiger partial charge in [0.1, 0.15) is 11.8 Å². The minimum Gasteiger partial charge on any atom is -0.390 e. The molecule has 0 amide bonds. The van der Waals surface area contributed by atoms with Crippen molar-refractivity contribution in [1.82, 2.24) is 0 Å². The summed E-state index contributed by atoms with van der Waals surface area (Å²) in [4.78, 5) is 12.1. The maximum absolute atomic E-state index is 6.20. The van der Waals surface area contributed by atoms with Crippen molar-refractivity contribution in [2.75, 3.05) is 31.0 Å². The summed E-state index contributed by atoms with van der Waals surface area (Å²) in [6.07, 6.45) is 4.15. The lowest BCUT2D eigenvalue weighted by molar-refractivity contribution is 0.202. The molecular formula is C17H20N4OS2. The van der Waals surface area contributed by atoms with E-state index in [0.29, 0.717) is 17.6 Å². The number of thioether (sulfide) groups is 2. The van der Waals surface area contributed by atoms with Gasteiger partial charge in [-0.3, -0.25) is 9.89 Å². The highest BCUT2D eigenvalue weighted by Gasteiger charge is 2.25. The lowest BCUT2D eigenvalue weighted by Crippen LogP contribution is -2.29. The lowest BCUT2D eigenvalue weighted by atomic mass is 10.1. The lowest BCUT2D eigenvalue weighted by Gasteiger charge is -2.31. The number of allylic oxidation sites excluding steroid dienone is 1. The molecule has 0 aromatic heterocycles. The molecule has 2 aliphatic heterocycles. The molecule has 126 valence electrons. The molecule has 5 nitrogen and oxygen atoms in total. The van der Waals surface area contributed by atoms with Crippen LogP contribution in [0.2, 0.25) is 0 Å². The largest absolute Gasteiger partial charge is 0.390 e. The third kappa shape index (κ3) is 3.68. The summed E-state index contributed by atoms with van der Waals surface area (Å²) in [5.41, 5.74) is 8.50. The van der Waals surface area contributed by atoms with Crippen molar-refractivity contribution in [2.45, 2.75) is 11.3 Å². The standard InChI is InChI=1S/C17H20N4OS2/c1-3-6-20-17-16(18)24-14-5-4-12(10-15-19-7-8-23-15)9-13(14)21(17)11-22-2/h3-6,9H,1,7-8,10-11,18H2,2H3/b20-6-. The number of hydrogen-bond acceptors (Lipinski definition) is 7. The molecule has 3 rings (SSSR count). The third-order valence-electron chi connectivity index (χ3n) is 3.57. The van der Waals surface area contributed by atoms with E-state index in [4.69, 9.17) is 10.5 Å². The van der Waals surface area contributed by atoms with E-state index in [9.17, 15) is 0 Å². The van der Waals surface area contributed by atoms with Gasteiger partial charge < -0.3 is 10.5 Å². The number of ether oxygens (including phenoxy) is 1. The molecule has 0 aliphatic carbocycles. The van der Waals surface area contributed by atoms with Crippen molar-refractivity contribution in [3.63, 3.8) is 0 Å². The monoisotopic (exact) mass is 360 g/mol. The Morgan fingerprint density at radius 2 is 2.38 bits per heavy atom. The van der Waals surface area contributed by atoms with E-state index >= 15 is 0 Å². The van der Waals surface area contributed by atoms with Crippen LogP contribution >= 0.6 is 23.5 Å². The summed E-state index contributed by atoms with van der Waals surface area (Å²) in [5.74, 6) is 1.78. The maximum Gasteiger partial charge on any atom is 0.165 e. The molecule has 0 saturated heterocycles. The van der Waals surface area contributed by atoms with Gasteiger partial charge in [-0.25, -0.2) is 4.99 Å². The van der Waals surface area contributed by atoms with Crippen molar-refractivity contribution in [2.24, 2.45) is 15.7 Å². The van der Waals surface area contributed by atoms with Crippen molar-refractivity contribution in [3.8, 4) is 0 Å². The summed E-state index contributed by atoms with van der Waals surface area (Å²) in [5, 5.41) is 1.86. The van der Waals surface area contributed by atoms with E-state index in [1.54, 1.807) is 19.4 Å². The number of aliphatic imine (C=N–C) groups is 2. The summed E-state index contributed by atoms with van der Waals surface area (Å²) >= 11 is 3.37. The maximum atomic E-state index is 6.20. The van der Waals surface area contributed by atoms with Crippen LogP contribution in [0.5, 0.6) is 0 Å². The first-order valence-electron chi connectivity index (χ1n) is 7.61. The van der Waals surface area contributed by atoms with Gasteiger partial charge in [-0.1, -0.05) is 30.5 Å². The van der Waals surface area contributed by atoms with Gasteiger partial charge in [0.2, 0.25) is 0 Å². The van der Waals surface area contributed by atoms with Gasteiger partial charge in [0.05, 0.1) is 10.7 Å². The molecule has 0 atom stereocenters. The smallest absolute Gasteiger partial charge is 0.165 e. The van der Waals surface area contributed by atoms with Gasteiger partial charge in [0.25, 0.3) is 0 Å². The Morgan fingerprint density at radius 1 is 1.50 bits per heavy atom. The number of rotatable bonds is 6. The molecule has 0 spiro atoms. The molecule has 0 radical (unpaired) electrons. The van der Waals surface area contributed by atoms with Crippen molar-refractivity contribution in [3.05, 3.63) is 47.3 Å². The molecule has 0 saturated carbocycles. The molecule has 7 heteroatoms. The highest BCUT2D eigenvalue weighted by molar-refractivity contribution is 8.14. The molecule has 0 bridgehead atoms. The Morgan fingerprint density at radius 3 is 3.08 bits per heavy atom. The zero-order chi connectivity index (χ0) is 16.9. The molecule has 0 fully saturated rings. The van der Waals surface area contributed by atoms with E-state index in [-0.39, 0.29) is 0 Å².